The maximum absolute atomic E-state index is 13.6. The smallest absolute Gasteiger partial charge is 0.226 e. The number of rotatable bonds is 10. The summed E-state index contributed by atoms with van der Waals surface area (Å²) in [4.78, 5) is 14.2. The molecule has 4 atom stereocenters. The molecule has 1 aliphatic rings. The molecule has 3 rings (SSSR count). The van der Waals surface area contributed by atoms with Gasteiger partial charge in [0, 0.05) is 30.4 Å². The first-order chi connectivity index (χ1) is 18.0. The number of carbonyl (C=O) groups excluding carboxylic acids is 1. The average Bonchev–Trinajstić information content (AvgIpc) is 2.87. The molecule has 2 aromatic carbocycles. The number of hydrazine groups is 1. The number of nitrogens with zero attached hydrogens (tertiary/aromatic N) is 2. The summed E-state index contributed by atoms with van der Waals surface area (Å²) in [6, 6.07) is 7.82. The van der Waals surface area contributed by atoms with Gasteiger partial charge in [0.05, 0.1) is 30.9 Å². The van der Waals surface area contributed by atoms with Gasteiger partial charge in [-0.1, -0.05) is 23.7 Å². The Labute approximate surface area is 224 Å². The zero-order valence-corrected chi connectivity index (χ0v) is 21.6. The van der Waals surface area contributed by atoms with E-state index in [1.807, 2.05) is 6.07 Å². The zero-order valence-electron chi connectivity index (χ0n) is 20.9. The summed E-state index contributed by atoms with van der Waals surface area (Å²) in [7, 11) is 1.70. The summed E-state index contributed by atoms with van der Waals surface area (Å²) in [6.07, 6.45) is 0.226. The fourth-order valence-electron chi connectivity index (χ4n) is 4.37. The van der Waals surface area contributed by atoms with E-state index in [4.69, 9.17) is 27.9 Å². The molecule has 8 nitrogen and oxygen atoms in total. The van der Waals surface area contributed by atoms with Gasteiger partial charge < -0.3 is 30.6 Å². The molecule has 38 heavy (non-hydrogen) atoms. The molecule has 2 aromatic rings. The van der Waals surface area contributed by atoms with Gasteiger partial charge in [-0.2, -0.15) is 0 Å². The minimum absolute atomic E-state index is 0.0687. The first-order valence-corrected chi connectivity index (χ1v) is 12.5. The van der Waals surface area contributed by atoms with Crippen molar-refractivity contribution in [3.05, 3.63) is 76.2 Å². The molecule has 1 heterocycles. The van der Waals surface area contributed by atoms with E-state index in [0.717, 1.165) is 22.7 Å². The summed E-state index contributed by atoms with van der Waals surface area (Å²) >= 11 is 5.98. The van der Waals surface area contributed by atoms with Crippen LogP contribution in [0.2, 0.25) is 5.02 Å². The minimum atomic E-state index is -1.61. The van der Waals surface area contributed by atoms with E-state index in [1.54, 1.807) is 30.1 Å². The van der Waals surface area contributed by atoms with Gasteiger partial charge in [0.2, 0.25) is 5.91 Å². The van der Waals surface area contributed by atoms with Gasteiger partial charge >= 0.3 is 0 Å². The Kier molecular flexibility index (Phi) is 10.4. The molecule has 1 saturated heterocycles. The van der Waals surface area contributed by atoms with E-state index in [0.29, 0.717) is 24.4 Å². The third-order valence-electron chi connectivity index (χ3n) is 6.50. The molecular formula is C26H32ClF3N4O4. The maximum atomic E-state index is 13.6. The monoisotopic (exact) mass is 556 g/mol. The number of ether oxygens (including phenoxy) is 1. The summed E-state index contributed by atoms with van der Waals surface area (Å²) < 4.78 is 46.3. The van der Waals surface area contributed by atoms with Crippen molar-refractivity contribution in [3.8, 4) is 0 Å². The lowest BCUT2D eigenvalue weighted by Crippen LogP contribution is -2.57. The topological polar surface area (TPSA) is 125 Å². The summed E-state index contributed by atoms with van der Waals surface area (Å²) in [5.41, 5.74) is 6.46. The quantitative estimate of drug-likeness (QED) is 0.201. The Morgan fingerprint density at radius 3 is 2.55 bits per heavy atom. The van der Waals surface area contributed by atoms with Crippen molar-refractivity contribution >= 4 is 23.2 Å². The van der Waals surface area contributed by atoms with Gasteiger partial charge in [-0.15, -0.1) is 0 Å². The molecule has 1 aliphatic heterocycles. The van der Waals surface area contributed by atoms with E-state index in [9.17, 15) is 28.2 Å². The standard InChI is InChI=1S/C26H32ClF3N4O4/c1-33(24(36)9-15-4-2-5-17(27)8-15)7-3-6-18-12-22(26(37)23(14-35)38-18)34(32)13-21(31)16-10-19(28)25(30)20(29)11-16/h2,4-5,8,10-11,13,18,22-23,26,35,37H,3,6-7,9,12,14,31-32H2,1H3/b21-13-. The fraction of sp³-hybridized carbons (Fsp3) is 0.423. The highest BCUT2D eigenvalue weighted by atomic mass is 35.5. The minimum Gasteiger partial charge on any atom is -0.397 e. The second-order valence-electron chi connectivity index (χ2n) is 9.32. The Balaban J connectivity index is 1.60. The molecule has 6 N–H and O–H groups in total. The van der Waals surface area contributed by atoms with Crippen LogP contribution in [0, 0.1) is 17.5 Å². The number of hydrogen-bond acceptors (Lipinski definition) is 7. The second kappa shape index (κ2) is 13.3. The molecule has 0 spiro atoms. The van der Waals surface area contributed by atoms with Crippen LogP contribution < -0.4 is 11.6 Å². The molecule has 0 aromatic heterocycles. The van der Waals surface area contributed by atoms with E-state index in [1.165, 1.54) is 6.20 Å². The van der Waals surface area contributed by atoms with E-state index >= 15 is 0 Å². The largest absolute Gasteiger partial charge is 0.397 e. The van der Waals surface area contributed by atoms with Gasteiger partial charge in [-0.25, -0.2) is 19.0 Å². The number of aliphatic hydroxyl groups is 2. The molecule has 4 unspecified atom stereocenters. The number of likely N-dealkylation sites (N-methyl/N-ethyl adjacent to an activating group) is 1. The number of benzene rings is 2. The third kappa shape index (κ3) is 7.61. The number of amides is 1. The van der Waals surface area contributed by atoms with Gasteiger partial charge in [0.25, 0.3) is 0 Å². The van der Waals surface area contributed by atoms with Crippen LogP contribution in [0.15, 0.2) is 42.6 Å². The van der Waals surface area contributed by atoms with Gasteiger partial charge in [0.1, 0.15) is 12.2 Å². The Hall–Kier alpha value is -2.83. The van der Waals surface area contributed by atoms with Crippen LogP contribution in [0.3, 0.4) is 0 Å². The summed E-state index contributed by atoms with van der Waals surface area (Å²) in [5, 5.41) is 22.0. The van der Waals surface area contributed by atoms with Crippen LogP contribution in [0.25, 0.3) is 5.70 Å². The fourth-order valence-corrected chi connectivity index (χ4v) is 4.58. The Morgan fingerprint density at radius 1 is 1.24 bits per heavy atom. The van der Waals surface area contributed by atoms with Crippen molar-refractivity contribution in [1.29, 1.82) is 0 Å². The van der Waals surface area contributed by atoms with Crippen LogP contribution in [0.4, 0.5) is 13.2 Å². The molecule has 12 heteroatoms. The molecular weight excluding hydrogens is 525 g/mol. The number of nitrogens with two attached hydrogens (primary N) is 2. The highest BCUT2D eigenvalue weighted by Gasteiger charge is 2.39. The number of hydrogen-bond donors (Lipinski definition) is 4. The van der Waals surface area contributed by atoms with Gasteiger partial charge in [0.15, 0.2) is 17.5 Å². The maximum Gasteiger partial charge on any atom is 0.226 e. The normalized spacial score (nSPS) is 21.8. The van der Waals surface area contributed by atoms with Gasteiger partial charge in [-0.05, 0) is 49.1 Å². The van der Waals surface area contributed by atoms with Crippen molar-refractivity contribution < 1.29 is 32.9 Å². The Bertz CT molecular complexity index is 1130. The van der Waals surface area contributed by atoms with Crippen molar-refractivity contribution in [2.24, 2.45) is 11.6 Å². The van der Waals surface area contributed by atoms with Crippen molar-refractivity contribution in [3.63, 3.8) is 0 Å². The van der Waals surface area contributed by atoms with Crippen LogP contribution >= 0.6 is 11.6 Å². The third-order valence-corrected chi connectivity index (χ3v) is 6.74. The first kappa shape index (κ1) is 29.7. The van der Waals surface area contributed by atoms with E-state index in [-0.39, 0.29) is 30.0 Å². The van der Waals surface area contributed by atoms with Crippen LogP contribution in [0.1, 0.15) is 30.4 Å². The predicted molar refractivity (Wildman–Crippen MR) is 137 cm³/mol. The molecule has 0 aliphatic carbocycles. The van der Waals surface area contributed by atoms with E-state index in [2.05, 4.69) is 0 Å². The van der Waals surface area contributed by atoms with Crippen molar-refractivity contribution in [1.82, 2.24) is 9.91 Å². The SMILES string of the molecule is CN(CCCC1CC(N(N)/C=C(\N)c2cc(F)c(F)c(F)c2)C(O)C(CO)O1)C(=O)Cc1cccc(Cl)c1. The lowest BCUT2D eigenvalue weighted by atomic mass is 9.93. The van der Waals surface area contributed by atoms with Crippen molar-refractivity contribution in [2.75, 3.05) is 20.2 Å². The lowest BCUT2D eigenvalue weighted by Gasteiger charge is -2.42. The van der Waals surface area contributed by atoms with Crippen molar-refractivity contribution in [2.45, 2.75) is 50.0 Å². The van der Waals surface area contributed by atoms with Crippen LogP contribution in [0.5, 0.6) is 0 Å². The predicted octanol–water partition coefficient (Wildman–Crippen LogP) is 2.55. The van der Waals surface area contributed by atoms with E-state index < -0.39 is 48.4 Å². The van der Waals surface area contributed by atoms with Crippen LogP contribution in [-0.2, 0) is 16.0 Å². The molecule has 0 saturated carbocycles. The second-order valence-corrected chi connectivity index (χ2v) is 9.76. The average molecular weight is 557 g/mol. The number of halogens is 4. The summed E-state index contributed by atoms with van der Waals surface area (Å²) in [6.45, 7) is -0.00916. The first-order valence-electron chi connectivity index (χ1n) is 12.1. The molecule has 0 bridgehead atoms. The number of carbonyl (C=O) groups is 1. The zero-order chi connectivity index (χ0) is 28.0. The lowest BCUT2D eigenvalue weighted by molar-refractivity contribution is -0.163. The van der Waals surface area contributed by atoms with Gasteiger partial charge in [-0.3, -0.25) is 4.79 Å². The molecule has 1 fully saturated rings. The molecule has 0 radical (unpaired) electrons. The molecule has 1 amide bonds. The summed E-state index contributed by atoms with van der Waals surface area (Å²) in [5.74, 6) is 1.63. The van der Waals surface area contributed by atoms with Crippen LogP contribution in [-0.4, -0.2) is 70.6 Å². The molecule has 208 valence electrons. The highest BCUT2D eigenvalue weighted by Crippen LogP contribution is 2.27. The number of aliphatic hydroxyl groups excluding tert-OH is 2. The highest BCUT2D eigenvalue weighted by molar-refractivity contribution is 6.30. The Morgan fingerprint density at radius 2 is 1.92 bits per heavy atom.